The van der Waals surface area contributed by atoms with Crippen LogP contribution in [0.5, 0.6) is 0 Å². The third kappa shape index (κ3) is 4.05. The Balaban J connectivity index is 1.86. The topological polar surface area (TPSA) is 78.4 Å². The summed E-state index contributed by atoms with van der Waals surface area (Å²) in [4.78, 5) is 24.5. The number of hydrogen-bond donors (Lipinski definition) is 3. The second-order valence-corrected chi connectivity index (χ2v) is 5.98. The molecule has 6 heteroatoms. The average Bonchev–Trinajstić information content (AvgIpc) is 2.99. The third-order valence-electron chi connectivity index (χ3n) is 3.50. The first kappa shape index (κ1) is 15.0. The molecular weight excluding hydrogens is 276 g/mol. The number of carbonyl (C=O) groups is 2. The molecule has 0 spiro atoms. The van der Waals surface area contributed by atoms with E-state index in [9.17, 15) is 14.7 Å². The number of nitrogens with one attached hydrogen (secondary N) is 2. The first-order valence-corrected chi connectivity index (χ1v) is 7.84. The van der Waals surface area contributed by atoms with Gasteiger partial charge in [-0.3, -0.25) is 9.59 Å². The fraction of sp³-hybridized carbons (Fsp3) is 0.571. The summed E-state index contributed by atoms with van der Waals surface area (Å²) in [5.74, 6) is -0.623. The lowest BCUT2D eigenvalue weighted by molar-refractivity contribution is -0.124. The largest absolute Gasteiger partial charge is 0.394 e. The monoisotopic (exact) mass is 296 g/mol. The fourth-order valence-corrected chi connectivity index (χ4v) is 3.01. The van der Waals surface area contributed by atoms with Crippen molar-refractivity contribution >= 4 is 23.2 Å². The Labute approximate surface area is 122 Å². The van der Waals surface area contributed by atoms with Crippen LogP contribution in [0.1, 0.15) is 41.8 Å². The summed E-state index contributed by atoms with van der Waals surface area (Å²) in [6.45, 7) is -0.393. The van der Waals surface area contributed by atoms with E-state index in [1.807, 2.05) is 0 Å². The van der Waals surface area contributed by atoms with E-state index in [0.717, 1.165) is 25.7 Å². The van der Waals surface area contributed by atoms with E-state index in [-0.39, 0.29) is 17.9 Å². The molecule has 0 unspecified atom stereocenters. The zero-order chi connectivity index (χ0) is 14.4. The Hall–Kier alpha value is -1.40. The van der Waals surface area contributed by atoms with E-state index in [4.69, 9.17) is 0 Å². The molecule has 1 fully saturated rings. The van der Waals surface area contributed by atoms with Gasteiger partial charge in [0.2, 0.25) is 5.91 Å². The minimum absolute atomic E-state index is 0.170. The predicted molar refractivity (Wildman–Crippen MR) is 77.7 cm³/mol. The molecule has 110 valence electrons. The van der Waals surface area contributed by atoms with Crippen LogP contribution in [-0.2, 0) is 4.79 Å². The van der Waals surface area contributed by atoms with E-state index in [1.165, 1.54) is 17.8 Å². The SMILES string of the molecule is O=C(N[C@@H](CO)C(=O)NC1CCCCC1)c1cccs1. The maximum atomic E-state index is 12.1. The lowest BCUT2D eigenvalue weighted by Gasteiger charge is -2.25. The molecule has 0 aliphatic heterocycles. The van der Waals surface area contributed by atoms with E-state index in [2.05, 4.69) is 10.6 Å². The van der Waals surface area contributed by atoms with Gasteiger partial charge >= 0.3 is 0 Å². The van der Waals surface area contributed by atoms with Crippen molar-refractivity contribution < 1.29 is 14.7 Å². The highest BCUT2D eigenvalue weighted by molar-refractivity contribution is 7.12. The summed E-state index contributed by atoms with van der Waals surface area (Å²) in [5, 5.41) is 16.6. The van der Waals surface area contributed by atoms with Gasteiger partial charge in [-0.25, -0.2) is 0 Å². The van der Waals surface area contributed by atoms with Gasteiger partial charge in [-0.05, 0) is 24.3 Å². The highest BCUT2D eigenvalue weighted by Gasteiger charge is 2.24. The average molecular weight is 296 g/mol. The smallest absolute Gasteiger partial charge is 0.262 e. The standard InChI is InChI=1S/C14H20N2O3S/c17-9-11(16-14(19)12-7-4-8-20-12)13(18)15-10-5-2-1-3-6-10/h4,7-8,10-11,17H,1-3,5-6,9H2,(H,15,18)(H,16,19)/t11-/m0/s1. The molecule has 2 rings (SSSR count). The Kier molecular flexibility index (Phi) is 5.55. The minimum Gasteiger partial charge on any atom is -0.394 e. The zero-order valence-electron chi connectivity index (χ0n) is 11.3. The van der Waals surface area contributed by atoms with Gasteiger partial charge in [0, 0.05) is 6.04 Å². The van der Waals surface area contributed by atoms with Crippen LogP contribution >= 0.6 is 11.3 Å². The second-order valence-electron chi connectivity index (χ2n) is 5.03. The van der Waals surface area contributed by atoms with Crippen molar-refractivity contribution in [3.8, 4) is 0 Å². The number of hydrogen-bond acceptors (Lipinski definition) is 4. The van der Waals surface area contributed by atoms with Crippen molar-refractivity contribution in [2.45, 2.75) is 44.2 Å². The second kappa shape index (κ2) is 7.40. The number of thiophene rings is 1. The summed E-state index contributed by atoms with van der Waals surface area (Å²) >= 11 is 1.31. The summed E-state index contributed by atoms with van der Waals surface area (Å²) < 4.78 is 0. The summed E-state index contributed by atoms with van der Waals surface area (Å²) in [6.07, 6.45) is 5.41. The predicted octanol–water partition coefficient (Wildman–Crippen LogP) is 1.29. The first-order valence-electron chi connectivity index (χ1n) is 6.96. The molecule has 1 aliphatic carbocycles. The van der Waals surface area contributed by atoms with Gasteiger partial charge in [-0.15, -0.1) is 11.3 Å². The molecule has 0 radical (unpaired) electrons. The molecule has 1 heterocycles. The molecule has 5 nitrogen and oxygen atoms in total. The van der Waals surface area contributed by atoms with Crippen LogP contribution in [0.25, 0.3) is 0 Å². The van der Waals surface area contributed by atoms with Crippen LogP contribution in [0.3, 0.4) is 0 Å². The molecule has 0 aromatic carbocycles. The summed E-state index contributed by atoms with van der Waals surface area (Å²) in [5.41, 5.74) is 0. The van der Waals surface area contributed by atoms with E-state index in [0.29, 0.717) is 4.88 Å². The number of aliphatic hydroxyl groups excluding tert-OH is 1. The van der Waals surface area contributed by atoms with Crippen LogP contribution in [0.15, 0.2) is 17.5 Å². The van der Waals surface area contributed by atoms with E-state index >= 15 is 0 Å². The Morgan fingerprint density at radius 3 is 2.70 bits per heavy atom. The summed E-state index contributed by atoms with van der Waals surface area (Å²) in [6, 6.07) is 2.75. The number of aliphatic hydroxyl groups is 1. The molecule has 1 aromatic heterocycles. The Bertz CT molecular complexity index is 441. The van der Waals surface area contributed by atoms with Gasteiger partial charge in [-0.2, -0.15) is 0 Å². The zero-order valence-corrected chi connectivity index (χ0v) is 12.1. The van der Waals surface area contributed by atoms with Crippen LogP contribution in [-0.4, -0.2) is 35.6 Å². The van der Waals surface area contributed by atoms with Crippen molar-refractivity contribution in [1.82, 2.24) is 10.6 Å². The van der Waals surface area contributed by atoms with Crippen molar-refractivity contribution in [3.05, 3.63) is 22.4 Å². The molecule has 1 aromatic rings. The van der Waals surface area contributed by atoms with Crippen molar-refractivity contribution in [1.29, 1.82) is 0 Å². The lowest BCUT2D eigenvalue weighted by Crippen LogP contribution is -2.51. The van der Waals surface area contributed by atoms with E-state index in [1.54, 1.807) is 17.5 Å². The highest BCUT2D eigenvalue weighted by atomic mass is 32.1. The minimum atomic E-state index is -0.883. The quantitative estimate of drug-likeness (QED) is 0.766. The van der Waals surface area contributed by atoms with Gasteiger partial charge in [-0.1, -0.05) is 25.3 Å². The van der Waals surface area contributed by atoms with Gasteiger partial charge in [0.1, 0.15) is 6.04 Å². The van der Waals surface area contributed by atoms with Crippen LogP contribution in [0, 0.1) is 0 Å². The van der Waals surface area contributed by atoms with Crippen LogP contribution < -0.4 is 10.6 Å². The first-order chi connectivity index (χ1) is 9.70. The Morgan fingerprint density at radius 2 is 2.10 bits per heavy atom. The van der Waals surface area contributed by atoms with Crippen LogP contribution in [0.4, 0.5) is 0 Å². The fourth-order valence-electron chi connectivity index (χ4n) is 2.38. The molecule has 2 amide bonds. The normalized spacial score (nSPS) is 17.4. The number of amides is 2. The third-order valence-corrected chi connectivity index (χ3v) is 4.37. The van der Waals surface area contributed by atoms with Crippen molar-refractivity contribution in [2.24, 2.45) is 0 Å². The molecule has 0 saturated heterocycles. The molecule has 1 saturated carbocycles. The van der Waals surface area contributed by atoms with E-state index < -0.39 is 12.6 Å². The maximum Gasteiger partial charge on any atom is 0.262 e. The highest BCUT2D eigenvalue weighted by Crippen LogP contribution is 2.17. The van der Waals surface area contributed by atoms with Crippen LogP contribution in [0.2, 0.25) is 0 Å². The van der Waals surface area contributed by atoms with Crippen molar-refractivity contribution in [3.63, 3.8) is 0 Å². The van der Waals surface area contributed by atoms with Gasteiger partial charge in [0.25, 0.3) is 5.91 Å². The summed E-state index contributed by atoms with van der Waals surface area (Å²) in [7, 11) is 0. The molecule has 0 bridgehead atoms. The number of carbonyl (C=O) groups excluding carboxylic acids is 2. The lowest BCUT2D eigenvalue weighted by atomic mass is 9.95. The van der Waals surface area contributed by atoms with Gasteiger partial charge < -0.3 is 15.7 Å². The number of rotatable bonds is 5. The molecule has 20 heavy (non-hydrogen) atoms. The molecule has 1 atom stereocenters. The molecular formula is C14H20N2O3S. The van der Waals surface area contributed by atoms with Gasteiger partial charge in [0.05, 0.1) is 11.5 Å². The van der Waals surface area contributed by atoms with Crippen molar-refractivity contribution in [2.75, 3.05) is 6.61 Å². The molecule has 3 N–H and O–H groups in total. The van der Waals surface area contributed by atoms with Gasteiger partial charge in [0.15, 0.2) is 0 Å². The Morgan fingerprint density at radius 1 is 1.35 bits per heavy atom. The maximum absolute atomic E-state index is 12.1. The molecule has 1 aliphatic rings.